The van der Waals surface area contributed by atoms with Gasteiger partial charge >= 0.3 is 0 Å². The maximum atomic E-state index is 2.56. The molecule has 15 aromatic carbocycles. The van der Waals surface area contributed by atoms with Crippen LogP contribution in [0.15, 0.2) is 352 Å². The fourth-order valence-electron chi connectivity index (χ4n) is 15.6. The normalized spacial score (nSPS) is 13.6. The van der Waals surface area contributed by atoms with E-state index in [-0.39, 0.29) is 0 Å². The molecule has 17 rings (SSSR count). The van der Waals surface area contributed by atoms with Gasteiger partial charge in [-0.15, -0.1) is 0 Å². The average Bonchev–Trinajstić information content (AvgIpc) is 0.727. The minimum absolute atomic E-state index is 0.749. The van der Waals surface area contributed by atoms with Gasteiger partial charge in [-0.25, -0.2) is 0 Å². The highest BCUT2D eigenvalue weighted by atomic mass is 15.2. The van der Waals surface area contributed by atoms with Crippen LogP contribution >= 0.6 is 0 Å². The minimum atomic E-state index is -0.749. The number of anilines is 6. The number of fused-ring (bicyclic) bond motifs is 7. The van der Waals surface area contributed by atoms with Crippen LogP contribution in [0.1, 0.15) is 44.5 Å². The third-order valence-electron chi connectivity index (χ3n) is 18.9. The Kier molecular flexibility index (Phi) is 12.0. The molecule has 0 aromatic heterocycles. The minimum Gasteiger partial charge on any atom is -0.310 e. The Labute approximate surface area is 513 Å². The first kappa shape index (κ1) is 51.1. The van der Waals surface area contributed by atoms with Crippen molar-refractivity contribution in [2.45, 2.75) is 10.8 Å². The Morgan fingerprint density at radius 3 is 0.955 bits per heavy atom. The molecule has 0 N–H and O–H groups in total. The fourth-order valence-corrected chi connectivity index (χ4v) is 15.6. The second-order valence-corrected chi connectivity index (χ2v) is 23.3. The summed E-state index contributed by atoms with van der Waals surface area (Å²) in [6.07, 6.45) is 0. The van der Waals surface area contributed by atoms with E-state index >= 15 is 0 Å². The monoisotopic (exact) mass is 1120 g/mol. The number of rotatable bonds is 9. The summed E-state index contributed by atoms with van der Waals surface area (Å²) in [7, 11) is 0. The van der Waals surface area contributed by atoms with Crippen LogP contribution in [0.3, 0.4) is 0 Å². The Morgan fingerprint density at radius 1 is 0.205 bits per heavy atom. The van der Waals surface area contributed by atoms with E-state index in [4.69, 9.17) is 0 Å². The SMILES string of the molecule is c1ccc(N2c3ccccc3C(c3ccccc3)(c3ccccc3)c3c(-c4cccc5c(-c6cccc7ccccc67)c6cccc(-c7cccc8c7C(c7ccccc7)(c7ccccc7)c7ccccc7N8c7ccccc7)c6cc45)cccc32)cc1. The van der Waals surface area contributed by atoms with Crippen LogP contribution in [0.4, 0.5) is 34.1 Å². The summed E-state index contributed by atoms with van der Waals surface area (Å²) in [6.45, 7) is 0. The van der Waals surface area contributed by atoms with E-state index in [1.165, 1.54) is 110 Å². The quantitative estimate of drug-likeness (QED) is 0.133. The van der Waals surface area contributed by atoms with E-state index in [1.807, 2.05) is 0 Å². The van der Waals surface area contributed by atoms with Crippen LogP contribution in [-0.4, -0.2) is 0 Å². The molecule has 15 aromatic rings. The van der Waals surface area contributed by atoms with Crippen molar-refractivity contribution in [2.24, 2.45) is 0 Å². The number of nitrogens with zero attached hydrogens (tertiary/aromatic N) is 2. The summed E-state index contributed by atoms with van der Waals surface area (Å²) >= 11 is 0. The summed E-state index contributed by atoms with van der Waals surface area (Å²) in [4.78, 5) is 5.00. The van der Waals surface area contributed by atoms with Gasteiger partial charge in [0.25, 0.3) is 0 Å². The van der Waals surface area contributed by atoms with Crippen molar-refractivity contribution in [3.05, 3.63) is 396 Å². The molecule has 412 valence electrons. The van der Waals surface area contributed by atoms with Crippen molar-refractivity contribution in [1.82, 2.24) is 0 Å². The molecule has 0 radical (unpaired) electrons. The van der Waals surface area contributed by atoms with Crippen LogP contribution in [0.5, 0.6) is 0 Å². The van der Waals surface area contributed by atoms with Crippen LogP contribution in [0, 0.1) is 0 Å². The molecule has 0 atom stereocenters. The smallest absolute Gasteiger partial charge is 0.0748 e. The van der Waals surface area contributed by atoms with E-state index in [0.717, 1.165) is 34.1 Å². The van der Waals surface area contributed by atoms with E-state index < -0.39 is 10.8 Å². The first-order valence-corrected chi connectivity index (χ1v) is 30.6. The average molecular weight is 1120 g/mol. The van der Waals surface area contributed by atoms with Gasteiger partial charge in [0, 0.05) is 22.5 Å². The van der Waals surface area contributed by atoms with Crippen LogP contribution in [-0.2, 0) is 10.8 Å². The van der Waals surface area contributed by atoms with Gasteiger partial charge in [-0.3, -0.25) is 0 Å². The van der Waals surface area contributed by atoms with Crippen molar-refractivity contribution in [3.8, 4) is 33.4 Å². The van der Waals surface area contributed by atoms with Crippen molar-refractivity contribution in [3.63, 3.8) is 0 Å². The van der Waals surface area contributed by atoms with E-state index in [2.05, 4.69) is 362 Å². The van der Waals surface area contributed by atoms with E-state index in [0.29, 0.717) is 0 Å². The molecule has 2 aliphatic rings. The Hall–Kier alpha value is -11.3. The molecule has 2 nitrogen and oxygen atoms in total. The molecular weight excluding hydrogens is 1060 g/mol. The fraction of sp³-hybridized carbons (Fsp3) is 0.0233. The summed E-state index contributed by atoms with van der Waals surface area (Å²) < 4.78 is 0. The largest absolute Gasteiger partial charge is 0.310 e. The second-order valence-electron chi connectivity index (χ2n) is 23.3. The van der Waals surface area contributed by atoms with Gasteiger partial charge in [-0.05, 0) is 154 Å². The molecule has 2 heterocycles. The summed E-state index contributed by atoms with van der Waals surface area (Å²) in [5, 5.41) is 7.17. The zero-order valence-electron chi connectivity index (χ0n) is 48.4. The molecule has 0 unspecified atom stereocenters. The summed E-state index contributed by atoms with van der Waals surface area (Å²) in [5.74, 6) is 0. The third kappa shape index (κ3) is 7.55. The van der Waals surface area contributed by atoms with Gasteiger partial charge < -0.3 is 9.80 Å². The standard InChI is InChI=1S/C86H58N2/c1-7-32-60(33-8-1)85(61-34-9-2-10-35-61)76-52-21-23-54-78(76)87(64-40-15-5-16-41-64)80-56-28-50-72(83(80)85)67-45-26-48-70-74(67)58-75-68(46-27-49-71(75)82(70)69-47-25-31-59-30-19-20-44-66(59)69)73-51-29-57-81-84(73)86(62-36-11-3-12-37-62,63-38-13-4-14-39-63)77-53-22-24-55-79(77)88(81)65-42-17-6-18-43-65/h1-58H. The second kappa shape index (κ2) is 20.7. The van der Waals surface area contributed by atoms with Gasteiger partial charge in [-0.1, -0.05) is 297 Å². The zero-order valence-corrected chi connectivity index (χ0v) is 48.4. The lowest BCUT2D eigenvalue weighted by atomic mass is 9.60. The molecule has 0 spiro atoms. The Balaban J connectivity index is 1.04. The number of hydrogen-bond donors (Lipinski definition) is 0. The highest BCUT2D eigenvalue weighted by molar-refractivity contribution is 6.22. The third-order valence-corrected chi connectivity index (χ3v) is 18.9. The molecule has 0 saturated carbocycles. The summed E-state index contributed by atoms with van der Waals surface area (Å²) in [5.41, 5.74) is 22.1. The van der Waals surface area contributed by atoms with Crippen molar-refractivity contribution >= 4 is 66.4 Å². The lowest BCUT2D eigenvalue weighted by Crippen LogP contribution is -2.38. The first-order chi connectivity index (χ1) is 43.7. The molecule has 0 aliphatic carbocycles. The van der Waals surface area contributed by atoms with Crippen molar-refractivity contribution in [2.75, 3.05) is 9.80 Å². The number of hydrogen-bond acceptors (Lipinski definition) is 2. The van der Waals surface area contributed by atoms with Gasteiger partial charge in [0.05, 0.1) is 33.6 Å². The zero-order chi connectivity index (χ0) is 58.2. The predicted molar refractivity (Wildman–Crippen MR) is 368 cm³/mol. The lowest BCUT2D eigenvalue weighted by molar-refractivity contribution is 0.733. The molecular formula is C86H58N2. The maximum Gasteiger partial charge on any atom is 0.0748 e. The van der Waals surface area contributed by atoms with Gasteiger partial charge in [0.1, 0.15) is 0 Å². The van der Waals surface area contributed by atoms with Crippen molar-refractivity contribution in [1.29, 1.82) is 0 Å². The van der Waals surface area contributed by atoms with Gasteiger partial charge in [0.2, 0.25) is 0 Å². The molecule has 0 saturated heterocycles. The molecule has 88 heavy (non-hydrogen) atoms. The Morgan fingerprint density at radius 2 is 0.511 bits per heavy atom. The molecule has 0 bridgehead atoms. The molecule has 2 aliphatic heterocycles. The van der Waals surface area contributed by atoms with Gasteiger partial charge in [0.15, 0.2) is 0 Å². The van der Waals surface area contributed by atoms with Gasteiger partial charge in [-0.2, -0.15) is 0 Å². The van der Waals surface area contributed by atoms with Crippen LogP contribution in [0.2, 0.25) is 0 Å². The van der Waals surface area contributed by atoms with E-state index in [1.54, 1.807) is 0 Å². The number of para-hydroxylation sites is 4. The summed E-state index contributed by atoms with van der Waals surface area (Å²) in [6, 6.07) is 132. The maximum absolute atomic E-state index is 2.56. The highest BCUT2D eigenvalue weighted by Gasteiger charge is 2.50. The molecule has 0 amide bonds. The van der Waals surface area contributed by atoms with Crippen molar-refractivity contribution < 1.29 is 0 Å². The highest BCUT2D eigenvalue weighted by Crippen LogP contribution is 2.63. The first-order valence-electron chi connectivity index (χ1n) is 30.6. The van der Waals surface area contributed by atoms with Crippen LogP contribution in [0.25, 0.3) is 65.7 Å². The Bertz CT molecular complexity index is 4770. The number of benzene rings is 15. The molecule has 2 heteroatoms. The lowest BCUT2D eigenvalue weighted by Gasteiger charge is -2.47. The molecule has 0 fully saturated rings. The van der Waals surface area contributed by atoms with E-state index in [9.17, 15) is 0 Å². The van der Waals surface area contributed by atoms with Crippen LogP contribution < -0.4 is 9.80 Å². The topological polar surface area (TPSA) is 6.48 Å². The predicted octanol–water partition coefficient (Wildman–Crippen LogP) is 22.5.